The third kappa shape index (κ3) is 2.99. The molecule has 0 atom stereocenters. The summed E-state index contributed by atoms with van der Waals surface area (Å²) in [4.78, 5) is 4.18. The van der Waals surface area contributed by atoms with Crippen molar-refractivity contribution >= 4 is 5.84 Å². The summed E-state index contributed by atoms with van der Waals surface area (Å²) >= 11 is 0. The Morgan fingerprint density at radius 1 is 1.29 bits per heavy atom. The third-order valence-corrected chi connectivity index (χ3v) is 2.58. The molecule has 2 rings (SSSR count). The van der Waals surface area contributed by atoms with Crippen LogP contribution in [0, 0.1) is 6.92 Å². The van der Waals surface area contributed by atoms with Crippen molar-refractivity contribution in [2.45, 2.75) is 19.5 Å². The minimum Gasteiger partial charge on any atom is -0.372 e. The summed E-state index contributed by atoms with van der Waals surface area (Å²) in [6, 6.07) is 4.11. The zero-order valence-corrected chi connectivity index (χ0v) is 9.43. The van der Waals surface area contributed by atoms with Gasteiger partial charge in [0, 0.05) is 13.0 Å². The predicted octanol–water partition coefficient (Wildman–Crippen LogP) is 2.56. The van der Waals surface area contributed by atoms with Crippen LogP contribution in [0.1, 0.15) is 16.7 Å². The van der Waals surface area contributed by atoms with E-state index in [1.54, 1.807) is 13.0 Å². The number of nitrogens with one attached hydrogen (secondary N) is 1. The maximum Gasteiger partial charge on any atom is 0.416 e. The number of amidine groups is 1. The molecule has 5 heteroatoms. The summed E-state index contributed by atoms with van der Waals surface area (Å²) in [5.41, 5.74) is 0.671. The van der Waals surface area contributed by atoms with Gasteiger partial charge in [-0.3, -0.25) is 4.99 Å². The Balaban J connectivity index is 2.25. The fourth-order valence-corrected chi connectivity index (χ4v) is 1.89. The number of alkyl halides is 3. The van der Waals surface area contributed by atoms with Crippen molar-refractivity contribution in [1.82, 2.24) is 5.32 Å². The highest BCUT2D eigenvalue weighted by molar-refractivity contribution is 5.85. The molecule has 0 saturated heterocycles. The lowest BCUT2D eigenvalue weighted by atomic mass is 10.0. The minimum absolute atomic E-state index is 0.435. The molecule has 2 nitrogen and oxygen atoms in total. The average molecular weight is 242 g/mol. The fourth-order valence-electron chi connectivity index (χ4n) is 1.89. The molecule has 1 aromatic rings. The highest BCUT2D eigenvalue weighted by Gasteiger charge is 2.30. The van der Waals surface area contributed by atoms with Crippen molar-refractivity contribution in [3.05, 3.63) is 34.9 Å². The summed E-state index contributed by atoms with van der Waals surface area (Å²) in [6.07, 6.45) is -3.85. The third-order valence-electron chi connectivity index (χ3n) is 2.58. The summed E-state index contributed by atoms with van der Waals surface area (Å²) in [6.45, 7) is 3.14. The van der Waals surface area contributed by atoms with E-state index in [0.717, 1.165) is 18.4 Å². The first-order valence-electron chi connectivity index (χ1n) is 5.40. The van der Waals surface area contributed by atoms with E-state index in [1.807, 2.05) is 0 Å². The highest BCUT2D eigenvalue weighted by Crippen LogP contribution is 2.30. The van der Waals surface area contributed by atoms with E-state index < -0.39 is 11.7 Å². The lowest BCUT2D eigenvalue weighted by molar-refractivity contribution is -0.137. The van der Waals surface area contributed by atoms with Crippen LogP contribution in [-0.2, 0) is 12.6 Å². The van der Waals surface area contributed by atoms with Crippen LogP contribution in [0.2, 0.25) is 0 Å². The highest BCUT2D eigenvalue weighted by atomic mass is 19.4. The van der Waals surface area contributed by atoms with Crippen LogP contribution in [0.5, 0.6) is 0 Å². The number of aliphatic imine (C=N–C) groups is 1. The number of aryl methyl sites for hydroxylation is 1. The molecule has 1 heterocycles. The van der Waals surface area contributed by atoms with Gasteiger partial charge in [0.25, 0.3) is 0 Å². The molecule has 0 amide bonds. The van der Waals surface area contributed by atoms with Gasteiger partial charge in [-0.05, 0) is 24.6 Å². The zero-order chi connectivity index (χ0) is 12.5. The van der Waals surface area contributed by atoms with Crippen molar-refractivity contribution in [1.29, 1.82) is 0 Å². The summed E-state index contributed by atoms with van der Waals surface area (Å²) in [5.74, 6) is 0.767. The first-order chi connectivity index (χ1) is 7.95. The molecule has 0 spiro atoms. The molecule has 0 aliphatic carbocycles. The van der Waals surface area contributed by atoms with Crippen LogP contribution in [0.4, 0.5) is 13.2 Å². The second-order valence-corrected chi connectivity index (χ2v) is 4.14. The molecular weight excluding hydrogens is 229 g/mol. The van der Waals surface area contributed by atoms with Gasteiger partial charge in [0.05, 0.1) is 12.1 Å². The van der Waals surface area contributed by atoms with Gasteiger partial charge in [0.1, 0.15) is 5.84 Å². The monoisotopic (exact) mass is 242 g/mol. The maximum atomic E-state index is 12.6. The van der Waals surface area contributed by atoms with Gasteiger partial charge >= 0.3 is 6.18 Å². The van der Waals surface area contributed by atoms with Gasteiger partial charge in [0.2, 0.25) is 0 Å². The molecule has 1 N–H and O–H groups in total. The van der Waals surface area contributed by atoms with E-state index in [0.29, 0.717) is 24.1 Å². The van der Waals surface area contributed by atoms with Gasteiger partial charge < -0.3 is 5.32 Å². The molecule has 0 radical (unpaired) electrons. The largest absolute Gasteiger partial charge is 0.416 e. The molecule has 0 aromatic heterocycles. The molecule has 1 aliphatic rings. The van der Waals surface area contributed by atoms with Gasteiger partial charge in [0.15, 0.2) is 0 Å². The Bertz CT molecular complexity index is 450. The van der Waals surface area contributed by atoms with Crippen LogP contribution in [0.25, 0.3) is 0 Å². The van der Waals surface area contributed by atoms with Crippen LogP contribution < -0.4 is 5.32 Å². The first kappa shape index (κ1) is 12.0. The smallest absolute Gasteiger partial charge is 0.372 e. The van der Waals surface area contributed by atoms with Gasteiger partial charge in [-0.15, -0.1) is 0 Å². The van der Waals surface area contributed by atoms with Crippen LogP contribution in [0.15, 0.2) is 23.2 Å². The van der Waals surface area contributed by atoms with Crippen molar-refractivity contribution in [3.63, 3.8) is 0 Å². The van der Waals surface area contributed by atoms with Crippen molar-refractivity contribution in [3.8, 4) is 0 Å². The Morgan fingerprint density at radius 3 is 2.65 bits per heavy atom. The Hall–Kier alpha value is -1.52. The van der Waals surface area contributed by atoms with Gasteiger partial charge in [-0.25, -0.2) is 0 Å². The van der Waals surface area contributed by atoms with Crippen LogP contribution in [0.3, 0.4) is 0 Å². The van der Waals surface area contributed by atoms with Crippen molar-refractivity contribution in [2.75, 3.05) is 13.1 Å². The molecule has 0 fully saturated rings. The summed E-state index contributed by atoms with van der Waals surface area (Å²) < 4.78 is 37.8. The SMILES string of the molecule is Cc1cc(CC2=NCCN2)cc(C(F)(F)F)c1. The van der Waals surface area contributed by atoms with Gasteiger partial charge in [-0.1, -0.05) is 11.6 Å². The summed E-state index contributed by atoms with van der Waals surface area (Å²) in [5, 5.41) is 3.05. The Morgan fingerprint density at radius 2 is 2.06 bits per heavy atom. The number of rotatable bonds is 2. The molecule has 0 bridgehead atoms. The Kier molecular flexibility index (Phi) is 3.09. The standard InChI is InChI=1S/C12H13F3N2/c1-8-4-9(7-11-16-2-3-17-11)6-10(5-8)12(13,14)15/h4-6H,2-3,7H2,1H3,(H,16,17). The lowest BCUT2D eigenvalue weighted by Gasteiger charge is -2.10. The number of benzene rings is 1. The van der Waals surface area contributed by atoms with E-state index >= 15 is 0 Å². The second kappa shape index (κ2) is 4.39. The molecule has 1 aliphatic heterocycles. The van der Waals surface area contributed by atoms with Crippen molar-refractivity contribution in [2.24, 2.45) is 4.99 Å². The average Bonchev–Trinajstić information content (AvgIpc) is 2.68. The van der Waals surface area contributed by atoms with Gasteiger partial charge in [-0.2, -0.15) is 13.2 Å². The van der Waals surface area contributed by atoms with E-state index in [-0.39, 0.29) is 0 Å². The first-order valence-corrected chi connectivity index (χ1v) is 5.40. The lowest BCUT2D eigenvalue weighted by Crippen LogP contribution is -2.20. The fraction of sp³-hybridized carbons (Fsp3) is 0.417. The Labute approximate surface area is 97.6 Å². The van der Waals surface area contributed by atoms with E-state index in [4.69, 9.17) is 0 Å². The predicted molar refractivity (Wildman–Crippen MR) is 60.2 cm³/mol. The minimum atomic E-state index is -4.29. The van der Waals surface area contributed by atoms with E-state index in [9.17, 15) is 13.2 Å². The van der Waals surface area contributed by atoms with E-state index in [2.05, 4.69) is 10.3 Å². The molecule has 92 valence electrons. The maximum absolute atomic E-state index is 12.6. The number of halogens is 3. The zero-order valence-electron chi connectivity index (χ0n) is 9.43. The quantitative estimate of drug-likeness (QED) is 0.846. The van der Waals surface area contributed by atoms with Crippen molar-refractivity contribution < 1.29 is 13.2 Å². The molecule has 17 heavy (non-hydrogen) atoms. The second-order valence-electron chi connectivity index (χ2n) is 4.14. The number of hydrogen-bond acceptors (Lipinski definition) is 2. The van der Waals surface area contributed by atoms with Crippen LogP contribution >= 0.6 is 0 Å². The van der Waals surface area contributed by atoms with E-state index in [1.165, 1.54) is 6.07 Å². The van der Waals surface area contributed by atoms with Crippen LogP contribution in [-0.4, -0.2) is 18.9 Å². The molecule has 0 saturated carbocycles. The summed E-state index contributed by atoms with van der Waals surface area (Å²) in [7, 11) is 0. The normalized spacial score (nSPS) is 15.6. The molecule has 0 unspecified atom stereocenters. The number of nitrogens with zero attached hydrogens (tertiary/aromatic N) is 1. The molecular formula is C12H13F3N2. The number of hydrogen-bond donors (Lipinski definition) is 1. The molecule has 1 aromatic carbocycles. The topological polar surface area (TPSA) is 24.4 Å².